The van der Waals surface area contributed by atoms with Gasteiger partial charge in [-0.15, -0.1) is 0 Å². The summed E-state index contributed by atoms with van der Waals surface area (Å²) >= 11 is 2.10. The van der Waals surface area contributed by atoms with E-state index in [1.54, 1.807) is 38.5 Å². The Balaban J connectivity index is 1.55. The van der Waals surface area contributed by atoms with Crippen LogP contribution in [0.25, 0.3) is 0 Å². The Morgan fingerprint density at radius 2 is 1.65 bits per heavy atom. The third-order valence-electron chi connectivity index (χ3n) is 5.53. The first-order valence-corrected chi connectivity index (χ1v) is 8.56. The summed E-state index contributed by atoms with van der Waals surface area (Å²) in [5.74, 6) is 4.68. The van der Waals surface area contributed by atoms with Crippen LogP contribution in [-0.4, -0.2) is 17.5 Å². The molecule has 1 unspecified atom stereocenters. The maximum absolute atomic E-state index is 5.70. The Hall–Kier alpha value is 0.310. The van der Waals surface area contributed by atoms with Crippen molar-refractivity contribution in [2.75, 3.05) is 12.3 Å². The normalized spacial score (nSPS) is 45.2. The summed E-state index contributed by atoms with van der Waals surface area (Å²) < 4.78 is 0. The van der Waals surface area contributed by atoms with Crippen molar-refractivity contribution in [3.8, 4) is 0 Å². The molecular weight excluding hydrogens is 226 g/mol. The largest absolute Gasteiger partial charge is 0.329 e. The summed E-state index contributed by atoms with van der Waals surface area (Å²) in [5.41, 5.74) is 6.47. The van der Waals surface area contributed by atoms with E-state index >= 15 is 0 Å². The zero-order valence-electron chi connectivity index (χ0n) is 11.2. The van der Waals surface area contributed by atoms with Crippen LogP contribution in [-0.2, 0) is 0 Å². The molecule has 0 aromatic rings. The third-order valence-corrected chi connectivity index (χ3v) is 6.73. The van der Waals surface area contributed by atoms with Gasteiger partial charge in [0.2, 0.25) is 0 Å². The summed E-state index contributed by atoms with van der Waals surface area (Å²) in [5, 5.41) is 0.656. The molecule has 4 rings (SSSR count). The number of thioether (sulfide) groups is 1. The van der Waals surface area contributed by atoms with Crippen LogP contribution in [0, 0.1) is 23.2 Å². The van der Waals surface area contributed by atoms with Gasteiger partial charge in [-0.1, -0.05) is 6.92 Å². The predicted molar refractivity (Wildman–Crippen MR) is 76.2 cm³/mol. The fourth-order valence-electron chi connectivity index (χ4n) is 5.14. The van der Waals surface area contributed by atoms with Gasteiger partial charge in [-0.2, -0.15) is 11.8 Å². The average Bonchev–Trinajstić information content (AvgIpc) is 2.26. The molecule has 2 N–H and O–H groups in total. The predicted octanol–water partition coefficient (Wildman–Crippen LogP) is 3.67. The van der Waals surface area contributed by atoms with Crippen LogP contribution in [0.2, 0.25) is 0 Å². The van der Waals surface area contributed by atoms with Crippen molar-refractivity contribution in [1.82, 2.24) is 0 Å². The molecule has 17 heavy (non-hydrogen) atoms. The standard InChI is InChI=1S/C15H27NS/c1-11(10-16)17-3-2-15-7-12-4-13(8-15)6-14(5-12)9-15/h11-14H,2-10,16H2,1H3. The second kappa shape index (κ2) is 4.77. The van der Waals surface area contributed by atoms with Crippen LogP contribution >= 0.6 is 11.8 Å². The van der Waals surface area contributed by atoms with E-state index in [2.05, 4.69) is 18.7 Å². The molecule has 4 aliphatic rings. The van der Waals surface area contributed by atoms with Gasteiger partial charge < -0.3 is 5.73 Å². The van der Waals surface area contributed by atoms with Gasteiger partial charge in [0.15, 0.2) is 0 Å². The lowest BCUT2D eigenvalue weighted by atomic mass is 9.49. The van der Waals surface area contributed by atoms with Gasteiger partial charge in [-0.05, 0) is 73.9 Å². The molecule has 2 heteroatoms. The molecule has 0 aliphatic heterocycles. The smallest absolute Gasteiger partial charge is 0.0141 e. The fraction of sp³-hybridized carbons (Fsp3) is 1.00. The Kier molecular flexibility index (Phi) is 3.47. The average molecular weight is 253 g/mol. The van der Waals surface area contributed by atoms with Crippen LogP contribution in [0.5, 0.6) is 0 Å². The van der Waals surface area contributed by atoms with E-state index in [0.29, 0.717) is 5.25 Å². The van der Waals surface area contributed by atoms with Gasteiger partial charge in [0.1, 0.15) is 0 Å². The van der Waals surface area contributed by atoms with Crippen LogP contribution in [0.4, 0.5) is 0 Å². The van der Waals surface area contributed by atoms with Gasteiger partial charge in [0.05, 0.1) is 0 Å². The number of hydrogen-bond donors (Lipinski definition) is 1. The lowest BCUT2D eigenvalue weighted by molar-refractivity contribution is -0.0538. The third kappa shape index (κ3) is 2.53. The van der Waals surface area contributed by atoms with Crippen molar-refractivity contribution in [2.45, 2.75) is 57.1 Å². The Morgan fingerprint density at radius 3 is 2.12 bits per heavy atom. The van der Waals surface area contributed by atoms with Gasteiger partial charge in [-0.3, -0.25) is 0 Å². The number of nitrogens with two attached hydrogens (primary N) is 1. The second-order valence-corrected chi connectivity index (χ2v) is 8.63. The number of rotatable bonds is 5. The van der Waals surface area contributed by atoms with E-state index < -0.39 is 0 Å². The van der Waals surface area contributed by atoms with Gasteiger partial charge in [0, 0.05) is 11.8 Å². The highest BCUT2D eigenvalue weighted by Crippen LogP contribution is 2.61. The fourth-order valence-corrected chi connectivity index (χ4v) is 6.23. The Morgan fingerprint density at radius 1 is 1.12 bits per heavy atom. The molecule has 4 bridgehead atoms. The molecule has 0 aromatic heterocycles. The first kappa shape index (κ1) is 12.3. The zero-order chi connectivity index (χ0) is 11.9. The molecule has 1 atom stereocenters. The topological polar surface area (TPSA) is 26.0 Å². The van der Waals surface area contributed by atoms with Gasteiger partial charge in [-0.25, -0.2) is 0 Å². The summed E-state index contributed by atoms with van der Waals surface area (Å²) in [7, 11) is 0. The molecule has 0 heterocycles. The van der Waals surface area contributed by atoms with Crippen molar-refractivity contribution in [3.05, 3.63) is 0 Å². The van der Waals surface area contributed by atoms with Crippen LogP contribution in [0.1, 0.15) is 51.9 Å². The molecule has 0 aromatic carbocycles. The van der Waals surface area contributed by atoms with E-state index in [1.807, 2.05) is 0 Å². The highest BCUT2D eigenvalue weighted by atomic mass is 32.2. The molecule has 0 radical (unpaired) electrons. The summed E-state index contributed by atoms with van der Waals surface area (Å²) in [6.07, 6.45) is 10.9. The van der Waals surface area contributed by atoms with Gasteiger partial charge >= 0.3 is 0 Å². The molecule has 4 saturated carbocycles. The van der Waals surface area contributed by atoms with Gasteiger partial charge in [0.25, 0.3) is 0 Å². The lowest BCUT2D eigenvalue weighted by Gasteiger charge is -2.57. The first-order valence-electron chi connectivity index (χ1n) is 7.51. The summed E-state index contributed by atoms with van der Waals surface area (Å²) in [6.45, 7) is 3.11. The van der Waals surface area contributed by atoms with Crippen LogP contribution in [0.3, 0.4) is 0 Å². The first-order chi connectivity index (χ1) is 8.19. The van der Waals surface area contributed by atoms with E-state index in [9.17, 15) is 0 Å². The minimum atomic E-state index is 0.656. The van der Waals surface area contributed by atoms with Crippen molar-refractivity contribution in [1.29, 1.82) is 0 Å². The molecule has 98 valence electrons. The summed E-state index contributed by atoms with van der Waals surface area (Å²) in [6, 6.07) is 0. The molecular formula is C15H27NS. The van der Waals surface area contributed by atoms with Crippen molar-refractivity contribution >= 4 is 11.8 Å². The Bertz CT molecular complexity index is 241. The van der Waals surface area contributed by atoms with Crippen LogP contribution < -0.4 is 5.73 Å². The maximum atomic E-state index is 5.70. The van der Waals surface area contributed by atoms with Crippen LogP contribution in [0.15, 0.2) is 0 Å². The summed E-state index contributed by atoms with van der Waals surface area (Å²) in [4.78, 5) is 0. The quantitative estimate of drug-likeness (QED) is 0.809. The maximum Gasteiger partial charge on any atom is 0.0141 e. The zero-order valence-corrected chi connectivity index (χ0v) is 12.0. The minimum Gasteiger partial charge on any atom is -0.329 e. The number of hydrogen-bond acceptors (Lipinski definition) is 2. The van der Waals surface area contributed by atoms with Crippen molar-refractivity contribution in [2.24, 2.45) is 28.9 Å². The minimum absolute atomic E-state index is 0.656. The molecule has 4 fully saturated rings. The van der Waals surface area contributed by atoms with Crippen molar-refractivity contribution < 1.29 is 0 Å². The van der Waals surface area contributed by atoms with E-state index in [0.717, 1.165) is 29.7 Å². The van der Waals surface area contributed by atoms with E-state index in [4.69, 9.17) is 5.73 Å². The molecule has 0 saturated heterocycles. The molecule has 0 amide bonds. The molecule has 0 spiro atoms. The monoisotopic (exact) mass is 253 g/mol. The highest BCUT2D eigenvalue weighted by Gasteiger charge is 2.50. The Labute approximate surface area is 110 Å². The molecule has 1 nitrogen and oxygen atoms in total. The van der Waals surface area contributed by atoms with E-state index in [1.165, 1.54) is 12.2 Å². The van der Waals surface area contributed by atoms with Crippen molar-refractivity contribution in [3.63, 3.8) is 0 Å². The highest BCUT2D eigenvalue weighted by molar-refractivity contribution is 7.99. The SMILES string of the molecule is CC(CN)SCCC12CC3CC(CC(C3)C1)C2. The second-order valence-electron chi connectivity index (χ2n) is 7.08. The molecule has 4 aliphatic carbocycles. The lowest BCUT2D eigenvalue weighted by Crippen LogP contribution is -2.46. The van der Waals surface area contributed by atoms with E-state index in [-0.39, 0.29) is 0 Å².